The van der Waals surface area contributed by atoms with Gasteiger partial charge in [-0.1, -0.05) is 12.1 Å². The fourth-order valence-electron chi connectivity index (χ4n) is 1.75. The van der Waals surface area contributed by atoms with Crippen LogP contribution < -0.4 is 10.1 Å². The summed E-state index contributed by atoms with van der Waals surface area (Å²) < 4.78 is 5.52. The summed E-state index contributed by atoms with van der Waals surface area (Å²) in [7, 11) is 1.60. The summed E-state index contributed by atoms with van der Waals surface area (Å²) in [4.78, 5) is 23.9. The normalized spacial score (nSPS) is 12.0. The maximum atomic E-state index is 11.8. The van der Waals surface area contributed by atoms with Crippen LogP contribution in [-0.4, -0.2) is 54.7 Å². The van der Waals surface area contributed by atoms with Crippen LogP contribution in [0.4, 0.5) is 0 Å². The van der Waals surface area contributed by atoms with Gasteiger partial charge in [0.1, 0.15) is 12.4 Å². The second kappa shape index (κ2) is 8.26. The van der Waals surface area contributed by atoms with Crippen LogP contribution in [0.3, 0.4) is 0 Å². The van der Waals surface area contributed by atoms with Crippen molar-refractivity contribution in [2.75, 3.05) is 26.7 Å². The summed E-state index contributed by atoms with van der Waals surface area (Å²) in [5.41, 5.74) is 1.11. The van der Waals surface area contributed by atoms with Gasteiger partial charge in [0.15, 0.2) is 0 Å². The molecule has 6 nitrogen and oxygen atoms in total. The highest BCUT2D eigenvalue weighted by molar-refractivity contribution is 5.82. The van der Waals surface area contributed by atoms with Crippen LogP contribution in [0.15, 0.2) is 24.3 Å². The number of hydrogen-bond donors (Lipinski definition) is 2. The highest BCUT2D eigenvalue weighted by Gasteiger charge is 2.19. The molecule has 1 amide bonds. The van der Waals surface area contributed by atoms with Crippen molar-refractivity contribution in [2.45, 2.75) is 19.9 Å². The van der Waals surface area contributed by atoms with Crippen LogP contribution in [0.25, 0.3) is 0 Å². The van der Waals surface area contributed by atoms with Crippen LogP contribution in [0.5, 0.6) is 5.75 Å². The van der Waals surface area contributed by atoms with Gasteiger partial charge < -0.3 is 15.2 Å². The van der Waals surface area contributed by atoms with E-state index in [4.69, 9.17) is 9.84 Å². The molecule has 21 heavy (non-hydrogen) atoms. The third kappa shape index (κ3) is 6.27. The van der Waals surface area contributed by atoms with E-state index in [0.29, 0.717) is 13.2 Å². The topological polar surface area (TPSA) is 78.9 Å². The van der Waals surface area contributed by atoms with E-state index in [1.54, 1.807) is 14.0 Å². The maximum Gasteiger partial charge on any atom is 0.317 e. The first-order valence-corrected chi connectivity index (χ1v) is 6.79. The van der Waals surface area contributed by atoms with Crippen LogP contribution in [0, 0.1) is 6.92 Å². The van der Waals surface area contributed by atoms with Crippen LogP contribution in [0.1, 0.15) is 12.5 Å². The van der Waals surface area contributed by atoms with Crippen molar-refractivity contribution in [1.82, 2.24) is 10.2 Å². The predicted octanol–water partition coefficient (Wildman–Crippen LogP) is 0.895. The van der Waals surface area contributed by atoms with E-state index < -0.39 is 12.0 Å². The van der Waals surface area contributed by atoms with E-state index in [-0.39, 0.29) is 12.5 Å². The first-order valence-electron chi connectivity index (χ1n) is 6.79. The first-order chi connectivity index (χ1) is 9.90. The monoisotopic (exact) mass is 294 g/mol. The second-order valence-electron chi connectivity index (χ2n) is 4.94. The largest absolute Gasteiger partial charge is 0.492 e. The van der Waals surface area contributed by atoms with Gasteiger partial charge in [0, 0.05) is 0 Å². The highest BCUT2D eigenvalue weighted by atomic mass is 16.5. The molecule has 0 spiro atoms. The maximum absolute atomic E-state index is 11.8. The van der Waals surface area contributed by atoms with Gasteiger partial charge in [-0.15, -0.1) is 0 Å². The lowest BCUT2D eigenvalue weighted by atomic mass is 10.2. The highest BCUT2D eigenvalue weighted by Crippen LogP contribution is 2.11. The SMILES string of the molecule is Cc1cccc(OCCNC(=O)C(C)N(C)CC(=O)O)c1. The van der Waals surface area contributed by atoms with E-state index >= 15 is 0 Å². The molecule has 0 saturated carbocycles. The Balaban J connectivity index is 2.28. The molecule has 116 valence electrons. The summed E-state index contributed by atoms with van der Waals surface area (Å²) in [5, 5.41) is 11.4. The molecule has 0 aliphatic rings. The Morgan fingerprint density at radius 2 is 2.14 bits per heavy atom. The molecule has 1 aromatic carbocycles. The third-order valence-electron chi connectivity index (χ3n) is 3.08. The molecule has 0 aliphatic heterocycles. The summed E-state index contributed by atoms with van der Waals surface area (Å²) in [5.74, 6) is -0.410. The smallest absolute Gasteiger partial charge is 0.317 e. The molecular weight excluding hydrogens is 272 g/mol. The van der Waals surface area contributed by atoms with Gasteiger partial charge in [-0.2, -0.15) is 0 Å². The Hall–Kier alpha value is -2.08. The van der Waals surface area contributed by atoms with Gasteiger partial charge in [0.05, 0.1) is 19.1 Å². The molecule has 0 radical (unpaired) electrons. The number of likely N-dealkylation sites (N-methyl/N-ethyl adjacent to an activating group) is 1. The number of carbonyl (C=O) groups excluding carboxylic acids is 1. The fraction of sp³-hybridized carbons (Fsp3) is 0.467. The number of benzene rings is 1. The number of rotatable bonds is 8. The van der Waals surface area contributed by atoms with E-state index in [1.165, 1.54) is 4.90 Å². The zero-order chi connectivity index (χ0) is 15.8. The molecule has 0 heterocycles. The second-order valence-corrected chi connectivity index (χ2v) is 4.94. The number of carboxylic acids is 1. The molecule has 0 fully saturated rings. The molecule has 0 aromatic heterocycles. The molecule has 0 saturated heterocycles. The fourth-order valence-corrected chi connectivity index (χ4v) is 1.75. The Morgan fingerprint density at radius 1 is 1.43 bits per heavy atom. The minimum absolute atomic E-state index is 0.172. The molecule has 2 N–H and O–H groups in total. The zero-order valence-corrected chi connectivity index (χ0v) is 12.6. The number of carbonyl (C=O) groups is 2. The van der Waals surface area contributed by atoms with Crippen LogP contribution in [0.2, 0.25) is 0 Å². The number of amides is 1. The van der Waals surface area contributed by atoms with E-state index in [0.717, 1.165) is 11.3 Å². The molecule has 1 atom stereocenters. The number of hydrogen-bond acceptors (Lipinski definition) is 4. The summed E-state index contributed by atoms with van der Waals surface area (Å²) in [6, 6.07) is 7.17. The standard InChI is InChI=1S/C15H22N2O4/c1-11-5-4-6-13(9-11)21-8-7-16-15(20)12(2)17(3)10-14(18)19/h4-6,9,12H,7-8,10H2,1-3H3,(H,16,20)(H,18,19). The van der Waals surface area contributed by atoms with Gasteiger partial charge in [-0.3, -0.25) is 14.5 Å². The zero-order valence-electron chi connectivity index (χ0n) is 12.6. The first kappa shape index (κ1) is 17.0. The minimum atomic E-state index is -0.958. The number of ether oxygens (including phenoxy) is 1. The lowest BCUT2D eigenvalue weighted by Gasteiger charge is -2.21. The van der Waals surface area contributed by atoms with Gasteiger partial charge in [-0.05, 0) is 38.6 Å². The molecule has 0 aliphatic carbocycles. The van der Waals surface area contributed by atoms with Crippen molar-refractivity contribution in [1.29, 1.82) is 0 Å². The van der Waals surface area contributed by atoms with Crippen molar-refractivity contribution in [3.05, 3.63) is 29.8 Å². The molecule has 6 heteroatoms. The van der Waals surface area contributed by atoms with E-state index in [9.17, 15) is 9.59 Å². The van der Waals surface area contributed by atoms with Gasteiger partial charge in [0.25, 0.3) is 0 Å². The molecular formula is C15H22N2O4. The Morgan fingerprint density at radius 3 is 2.76 bits per heavy atom. The number of carboxylic acid groups (broad SMARTS) is 1. The number of aryl methyl sites for hydroxylation is 1. The van der Waals surface area contributed by atoms with Crippen molar-refractivity contribution in [3.8, 4) is 5.75 Å². The van der Waals surface area contributed by atoms with Crippen molar-refractivity contribution >= 4 is 11.9 Å². The van der Waals surface area contributed by atoms with Gasteiger partial charge in [-0.25, -0.2) is 0 Å². The van der Waals surface area contributed by atoms with Crippen LogP contribution in [-0.2, 0) is 9.59 Å². The van der Waals surface area contributed by atoms with Crippen molar-refractivity contribution < 1.29 is 19.4 Å². The molecule has 1 unspecified atom stereocenters. The predicted molar refractivity (Wildman–Crippen MR) is 79.4 cm³/mol. The van der Waals surface area contributed by atoms with E-state index in [2.05, 4.69) is 5.32 Å². The average molecular weight is 294 g/mol. The molecule has 0 bridgehead atoms. The summed E-state index contributed by atoms with van der Waals surface area (Å²) in [6.45, 7) is 4.21. The van der Waals surface area contributed by atoms with Gasteiger partial charge >= 0.3 is 5.97 Å². The Kier molecular flexibility index (Phi) is 6.68. The minimum Gasteiger partial charge on any atom is -0.492 e. The van der Waals surface area contributed by atoms with Crippen molar-refractivity contribution in [2.24, 2.45) is 0 Å². The Bertz CT molecular complexity index is 490. The van der Waals surface area contributed by atoms with E-state index in [1.807, 2.05) is 31.2 Å². The molecule has 1 rings (SSSR count). The summed E-state index contributed by atoms with van der Waals surface area (Å²) >= 11 is 0. The third-order valence-corrected chi connectivity index (χ3v) is 3.08. The van der Waals surface area contributed by atoms with Crippen molar-refractivity contribution in [3.63, 3.8) is 0 Å². The lowest BCUT2D eigenvalue weighted by Crippen LogP contribution is -2.45. The Labute approximate surface area is 124 Å². The van der Waals surface area contributed by atoms with Gasteiger partial charge in [0.2, 0.25) is 5.91 Å². The average Bonchev–Trinajstić information content (AvgIpc) is 2.41. The summed E-state index contributed by atoms with van der Waals surface area (Å²) in [6.07, 6.45) is 0. The number of nitrogens with zero attached hydrogens (tertiary/aromatic N) is 1. The number of aliphatic carboxylic acids is 1. The quantitative estimate of drug-likeness (QED) is 0.696. The molecule has 1 aromatic rings. The number of nitrogens with one attached hydrogen (secondary N) is 1. The lowest BCUT2D eigenvalue weighted by molar-refractivity contribution is -0.139. The van der Waals surface area contributed by atoms with Crippen LogP contribution >= 0.6 is 0 Å².